The molecule has 0 saturated carbocycles. The van der Waals surface area contributed by atoms with Crippen molar-refractivity contribution in [2.24, 2.45) is 0 Å². The zero-order valence-electron chi connectivity index (χ0n) is 20.8. The van der Waals surface area contributed by atoms with Gasteiger partial charge in [0.25, 0.3) is 0 Å². The van der Waals surface area contributed by atoms with Crippen molar-refractivity contribution in [3.63, 3.8) is 0 Å². The number of pyridine rings is 2. The SMILES string of the molecule is Cc1[c-]c2c(cc1)c1cccc3c1c1c(ccnc21)C3(C)C.Cc1cccnc1-c1[c-]cccc1.[Ir]. The van der Waals surface area contributed by atoms with Crippen molar-refractivity contribution in [3.05, 3.63) is 120 Å². The molecule has 0 aliphatic heterocycles. The van der Waals surface area contributed by atoms with Crippen molar-refractivity contribution in [1.82, 2.24) is 9.97 Å². The Morgan fingerprint density at radius 2 is 1.56 bits per heavy atom. The standard InChI is InChI=1S/C21H16N.C12H10N.Ir/c1-12-7-8-13-14-5-4-6-16-18(14)19-17(21(16,2)3)9-10-22-20(19)15(13)11-12;1-10-6-5-9-13-12(10)11-7-3-2-4-8-11;/h4-10H,1-3H3;2-7,9H,1H3;/q2*-1;. The Bertz CT molecular complexity index is 1740. The number of nitrogens with zero attached hydrogens (tertiary/aromatic N) is 2. The second-order valence-electron chi connectivity index (χ2n) is 9.81. The van der Waals surface area contributed by atoms with Gasteiger partial charge in [-0.3, -0.25) is 0 Å². The third-order valence-electron chi connectivity index (χ3n) is 7.20. The van der Waals surface area contributed by atoms with E-state index in [9.17, 15) is 0 Å². The van der Waals surface area contributed by atoms with E-state index in [1.54, 1.807) is 0 Å². The van der Waals surface area contributed by atoms with E-state index in [0.29, 0.717) is 0 Å². The minimum absolute atomic E-state index is 0. The minimum atomic E-state index is 0. The smallest absolute Gasteiger partial charge is 0.0164 e. The molecule has 7 rings (SSSR count). The molecular weight excluding hydrogens is 617 g/mol. The summed E-state index contributed by atoms with van der Waals surface area (Å²) in [5.41, 5.74) is 8.36. The third-order valence-corrected chi connectivity index (χ3v) is 7.20. The molecule has 1 aliphatic rings. The van der Waals surface area contributed by atoms with Crippen LogP contribution in [0.4, 0.5) is 0 Å². The normalized spacial score (nSPS) is 13.0. The van der Waals surface area contributed by atoms with Crippen LogP contribution in [0.3, 0.4) is 0 Å². The zero-order chi connectivity index (χ0) is 24.2. The van der Waals surface area contributed by atoms with Gasteiger partial charge in [-0.2, -0.15) is 0 Å². The van der Waals surface area contributed by atoms with Gasteiger partial charge in [-0.1, -0.05) is 61.4 Å². The molecule has 0 atom stereocenters. The predicted octanol–water partition coefficient (Wildman–Crippen LogP) is 8.14. The minimum Gasteiger partial charge on any atom is -0.304 e. The Morgan fingerprint density at radius 1 is 0.722 bits per heavy atom. The van der Waals surface area contributed by atoms with E-state index in [2.05, 4.69) is 87.3 Å². The van der Waals surface area contributed by atoms with Gasteiger partial charge in [-0.15, -0.1) is 65.0 Å². The van der Waals surface area contributed by atoms with Crippen LogP contribution in [0.2, 0.25) is 0 Å². The molecule has 4 aromatic carbocycles. The molecule has 0 amide bonds. The van der Waals surface area contributed by atoms with Crippen LogP contribution in [0.15, 0.2) is 85.2 Å². The fourth-order valence-electron chi connectivity index (χ4n) is 5.45. The maximum absolute atomic E-state index is 4.73. The molecule has 0 fully saturated rings. The molecule has 1 radical (unpaired) electrons. The molecule has 0 bridgehead atoms. The Balaban J connectivity index is 0.000000164. The summed E-state index contributed by atoms with van der Waals surface area (Å²) >= 11 is 0. The summed E-state index contributed by atoms with van der Waals surface area (Å²) in [7, 11) is 0. The van der Waals surface area contributed by atoms with E-state index in [4.69, 9.17) is 4.98 Å². The maximum atomic E-state index is 4.73. The van der Waals surface area contributed by atoms with E-state index in [1.165, 1.54) is 38.2 Å². The molecule has 0 saturated heterocycles. The van der Waals surface area contributed by atoms with Crippen molar-refractivity contribution < 1.29 is 20.1 Å². The van der Waals surface area contributed by atoms with E-state index in [-0.39, 0.29) is 25.5 Å². The predicted molar refractivity (Wildman–Crippen MR) is 146 cm³/mol. The number of hydrogen-bond acceptors (Lipinski definition) is 2. The van der Waals surface area contributed by atoms with Gasteiger partial charge >= 0.3 is 0 Å². The molecule has 179 valence electrons. The number of aromatic nitrogens is 2. The topological polar surface area (TPSA) is 25.8 Å². The fourth-order valence-corrected chi connectivity index (χ4v) is 5.45. The monoisotopic (exact) mass is 643 g/mol. The third kappa shape index (κ3) is 3.75. The molecule has 2 aromatic heterocycles. The Hall–Kier alpha value is -3.39. The molecule has 0 spiro atoms. The van der Waals surface area contributed by atoms with Crippen LogP contribution in [-0.4, -0.2) is 9.97 Å². The van der Waals surface area contributed by atoms with Crippen molar-refractivity contribution in [2.75, 3.05) is 0 Å². The summed E-state index contributed by atoms with van der Waals surface area (Å²) in [6.07, 6.45) is 3.76. The van der Waals surface area contributed by atoms with Gasteiger partial charge in [0.2, 0.25) is 0 Å². The van der Waals surface area contributed by atoms with Crippen LogP contribution in [-0.2, 0) is 25.5 Å². The van der Waals surface area contributed by atoms with Gasteiger partial charge in [-0.05, 0) is 52.2 Å². The van der Waals surface area contributed by atoms with Crippen LogP contribution in [0.25, 0.3) is 43.7 Å². The van der Waals surface area contributed by atoms with Crippen molar-refractivity contribution >= 4 is 32.4 Å². The zero-order valence-corrected chi connectivity index (χ0v) is 23.2. The average molecular weight is 643 g/mol. The first-order valence-corrected chi connectivity index (χ1v) is 12.0. The van der Waals surface area contributed by atoms with Crippen LogP contribution < -0.4 is 0 Å². The summed E-state index contributed by atoms with van der Waals surface area (Å²) in [4.78, 5) is 9.05. The summed E-state index contributed by atoms with van der Waals surface area (Å²) in [5.74, 6) is 0. The number of benzene rings is 4. The molecule has 36 heavy (non-hydrogen) atoms. The molecule has 3 heteroatoms. The number of fused-ring (bicyclic) bond motifs is 3. The van der Waals surface area contributed by atoms with E-state index < -0.39 is 0 Å². The van der Waals surface area contributed by atoms with E-state index in [1.807, 2.05) is 42.7 Å². The van der Waals surface area contributed by atoms with Gasteiger partial charge in [0.05, 0.1) is 0 Å². The van der Waals surface area contributed by atoms with Gasteiger partial charge in [-0.25, -0.2) is 0 Å². The van der Waals surface area contributed by atoms with Crippen LogP contribution in [0.1, 0.15) is 36.1 Å². The molecule has 1 aliphatic carbocycles. The Morgan fingerprint density at radius 3 is 2.33 bits per heavy atom. The molecule has 2 nitrogen and oxygen atoms in total. The van der Waals surface area contributed by atoms with Crippen LogP contribution in [0, 0.1) is 26.0 Å². The molecule has 6 aromatic rings. The first kappa shape index (κ1) is 24.3. The molecule has 0 unspecified atom stereocenters. The first-order valence-electron chi connectivity index (χ1n) is 12.0. The molecular formula is C33H26IrN2-2. The Labute approximate surface area is 225 Å². The molecule has 2 heterocycles. The van der Waals surface area contributed by atoms with Gasteiger partial charge < -0.3 is 9.97 Å². The number of hydrogen-bond donors (Lipinski definition) is 0. The largest absolute Gasteiger partial charge is 0.304 e. The van der Waals surface area contributed by atoms with E-state index >= 15 is 0 Å². The summed E-state index contributed by atoms with van der Waals surface area (Å²) in [6, 6.07) is 31.8. The van der Waals surface area contributed by atoms with Crippen molar-refractivity contribution in [1.29, 1.82) is 0 Å². The Kier molecular flexibility index (Phi) is 6.24. The van der Waals surface area contributed by atoms with Crippen LogP contribution >= 0.6 is 0 Å². The summed E-state index contributed by atoms with van der Waals surface area (Å²) in [6.45, 7) is 8.79. The first-order chi connectivity index (χ1) is 17.0. The van der Waals surface area contributed by atoms with Crippen molar-refractivity contribution in [2.45, 2.75) is 33.1 Å². The maximum Gasteiger partial charge on any atom is 0.0164 e. The summed E-state index contributed by atoms with van der Waals surface area (Å²) in [5, 5.41) is 6.45. The second kappa shape index (κ2) is 9.24. The van der Waals surface area contributed by atoms with Crippen molar-refractivity contribution in [3.8, 4) is 11.3 Å². The number of rotatable bonds is 1. The second-order valence-corrected chi connectivity index (χ2v) is 9.81. The van der Waals surface area contributed by atoms with Gasteiger partial charge in [0.15, 0.2) is 0 Å². The van der Waals surface area contributed by atoms with E-state index in [0.717, 1.165) is 27.7 Å². The molecule has 0 N–H and O–H groups in total. The van der Waals surface area contributed by atoms with Crippen LogP contribution in [0.5, 0.6) is 0 Å². The summed E-state index contributed by atoms with van der Waals surface area (Å²) < 4.78 is 0. The van der Waals surface area contributed by atoms with Gasteiger partial charge in [0, 0.05) is 37.9 Å². The average Bonchev–Trinajstić information content (AvgIpc) is 3.12. The fraction of sp³-hybridized carbons (Fsp3) is 0.152. The van der Waals surface area contributed by atoms with Gasteiger partial charge in [0.1, 0.15) is 0 Å². The quantitative estimate of drug-likeness (QED) is 0.134. The number of aryl methyl sites for hydroxylation is 2.